The molecule has 0 bridgehead atoms. The summed E-state index contributed by atoms with van der Waals surface area (Å²) in [6.07, 6.45) is 1.28. The van der Waals surface area contributed by atoms with E-state index >= 15 is 0 Å². The van der Waals surface area contributed by atoms with Gasteiger partial charge in [-0.05, 0) is 62.1 Å². The van der Waals surface area contributed by atoms with E-state index in [1.54, 1.807) is 11.9 Å². The molecule has 29 heavy (non-hydrogen) atoms. The van der Waals surface area contributed by atoms with Gasteiger partial charge >= 0.3 is 0 Å². The Hall–Kier alpha value is -2.25. The van der Waals surface area contributed by atoms with Crippen LogP contribution in [0.2, 0.25) is 0 Å². The van der Waals surface area contributed by atoms with Gasteiger partial charge in [-0.15, -0.1) is 0 Å². The number of nitrogens with zero attached hydrogens (tertiary/aromatic N) is 2. The van der Waals surface area contributed by atoms with Crippen molar-refractivity contribution in [1.82, 2.24) is 9.21 Å². The first-order valence-corrected chi connectivity index (χ1v) is 11.2. The molecule has 0 unspecified atom stereocenters. The van der Waals surface area contributed by atoms with Crippen LogP contribution in [0.4, 0.5) is 4.39 Å². The van der Waals surface area contributed by atoms with Crippen molar-refractivity contribution < 1.29 is 17.6 Å². The second-order valence-corrected chi connectivity index (χ2v) is 9.72. The lowest BCUT2D eigenvalue weighted by Crippen LogP contribution is -2.45. The third kappa shape index (κ3) is 4.85. The fourth-order valence-electron chi connectivity index (χ4n) is 3.79. The summed E-state index contributed by atoms with van der Waals surface area (Å²) in [7, 11) is -1.99. The van der Waals surface area contributed by atoms with Crippen LogP contribution in [-0.2, 0) is 21.4 Å². The van der Waals surface area contributed by atoms with E-state index in [1.807, 2.05) is 26.0 Å². The minimum Gasteiger partial charge on any atom is -0.341 e. The highest BCUT2D eigenvalue weighted by atomic mass is 32.2. The number of carbonyl (C=O) groups excluding carboxylic acids is 1. The summed E-state index contributed by atoms with van der Waals surface area (Å²) in [5.41, 5.74) is 3.39. The van der Waals surface area contributed by atoms with Gasteiger partial charge < -0.3 is 4.90 Å². The molecule has 7 heteroatoms. The van der Waals surface area contributed by atoms with Crippen molar-refractivity contribution in [1.29, 1.82) is 0 Å². The molecular weight excluding hydrogens is 391 g/mol. The molecule has 3 rings (SSSR count). The zero-order valence-electron chi connectivity index (χ0n) is 17.1. The second-order valence-electron chi connectivity index (χ2n) is 7.78. The lowest BCUT2D eigenvalue weighted by atomic mass is 9.97. The lowest BCUT2D eigenvalue weighted by molar-refractivity contribution is -0.135. The molecule has 0 radical (unpaired) electrons. The molecular formula is C22H27FN2O3S. The molecule has 1 aliphatic heterocycles. The van der Waals surface area contributed by atoms with E-state index in [9.17, 15) is 17.6 Å². The first kappa shape index (κ1) is 21.5. The third-order valence-electron chi connectivity index (χ3n) is 5.47. The normalized spacial score (nSPS) is 17.9. The number of sulfonamides is 1. The highest BCUT2D eigenvalue weighted by Gasteiger charge is 2.34. The SMILES string of the molecule is Cc1ccc(CN(C)C(=O)[C@H]2CCCN(S(=O)(=O)c3ccc(F)cc3)C2)c(C)c1. The smallest absolute Gasteiger partial charge is 0.243 e. The van der Waals surface area contributed by atoms with Gasteiger partial charge in [0.15, 0.2) is 0 Å². The molecule has 1 fully saturated rings. The maximum Gasteiger partial charge on any atom is 0.243 e. The molecule has 5 nitrogen and oxygen atoms in total. The van der Waals surface area contributed by atoms with Crippen LogP contribution in [0.1, 0.15) is 29.5 Å². The summed E-state index contributed by atoms with van der Waals surface area (Å²) < 4.78 is 40.3. The van der Waals surface area contributed by atoms with Crippen molar-refractivity contribution >= 4 is 15.9 Å². The monoisotopic (exact) mass is 418 g/mol. The van der Waals surface area contributed by atoms with E-state index in [0.717, 1.165) is 23.3 Å². The number of hydrogen-bond acceptors (Lipinski definition) is 3. The minimum atomic E-state index is -3.75. The third-order valence-corrected chi connectivity index (χ3v) is 7.35. The molecule has 1 heterocycles. The van der Waals surface area contributed by atoms with Gasteiger partial charge in [0.05, 0.1) is 10.8 Å². The second kappa shape index (κ2) is 8.63. The van der Waals surface area contributed by atoms with E-state index in [0.29, 0.717) is 25.9 Å². The van der Waals surface area contributed by atoms with E-state index in [2.05, 4.69) is 6.07 Å². The number of benzene rings is 2. The maximum atomic E-state index is 13.1. The van der Waals surface area contributed by atoms with Gasteiger partial charge in [0.25, 0.3) is 0 Å². The Kier molecular flexibility index (Phi) is 6.39. The number of rotatable bonds is 5. The van der Waals surface area contributed by atoms with E-state index < -0.39 is 15.8 Å². The van der Waals surface area contributed by atoms with Gasteiger partial charge in [-0.2, -0.15) is 4.31 Å². The Labute approximate surface area is 172 Å². The Morgan fingerprint density at radius 1 is 1.17 bits per heavy atom. The van der Waals surface area contributed by atoms with Gasteiger partial charge in [-0.3, -0.25) is 4.79 Å². The van der Waals surface area contributed by atoms with E-state index in [1.165, 1.54) is 22.0 Å². The first-order chi connectivity index (χ1) is 13.7. The fraction of sp³-hybridized carbons (Fsp3) is 0.409. The van der Waals surface area contributed by atoms with Gasteiger partial charge in [0.2, 0.25) is 15.9 Å². The Balaban J connectivity index is 1.70. The number of halogens is 1. The average Bonchev–Trinajstić information content (AvgIpc) is 2.70. The van der Waals surface area contributed by atoms with Crippen LogP contribution in [0.25, 0.3) is 0 Å². The summed E-state index contributed by atoms with van der Waals surface area (Å²) in [5, 5.41) is 0. The summed E-state index contributed by atoms with van der Waals surface area (Å²) in [6.45, 7) is 5.06. The summed E-state index contributed by atoms with van der Waals surface area (Å²) in [6, 6.07) is 10.9. The largest absolute Gasteiger partial charge is 0.341 e. The predicted molar refractivity (Wildman–Crippen MR) is 110 cm³/mol. The molecule has 1 aliphatic rings. The summed E-state index contributed by atoms with van der Waals surface area (Å²) in [5.74, 6) is -0.914. The molecule has 1 saturated heterocycles. The molecule has 0 aromatic heterocycles. The Bertz CT molecular complexity index is 990. The average molecular weight is 419 g/mol. The fourth-order valence-corrected chi connectivity index (χ4v) is 5.31. The van der Waals surface area contributed by atoms with Crippen molar-refractivity contribution in [3.05, 3.63) is 65.0 Å². The lowest BCUT2D eigenvalue weighted by Gasteiger charge is -2.33. The van der Waals surface area contributed by atoms with Gasteiger partial charge in [0, 0.05) is 26.7 Å². The molecule has 0 N–H and O–H groups in total. The Morgan fingerprint density at radius 2 is 1.86 bits per heavy atom. The Morgan fingerprint density at radius 3 is 2.52 bits per heavy atom. The van der Waals surface area contributed by atoms with Gasteiger partial charge in [0.1, 0.15) is 5.82 Å². The molecule has 156 valence electrons. The maximum absolute atomic E-state index is 13.1. The minimum absolute atomic E-state index is 0.0515. The topological polar surface area (TPSA) is 57.7 Å². The number of carbonyl (C=O) groups is 1. The van der Waals surface area contributed by atoms with E-state index in [4.69, 9.17) is 0 Å². The zero-order valence-corrected chi connectivity index (χ0v) is 17.9. The quantitative estimate of drug-likeness (QED) is 0.747. The highest BCUT2D eigenvalue weighted by Crippen LogP contribution is 2.25. The standard InChI is InChI=1S/C22H27FN2O3S/c1-16-6-7-18(17(2)13-16)14-24(3)22(26)19-5-4-12-25(15-19)29(27,28)21-10-8-20(23)9-11-21/h6-11,13,19H,4-5,12,14-15H2,1-3H3/t19-/m0/s1. The van der Waals surface area contributed by atoms with Gasteiger partial charge in [-0.25, -0.2) is 12.8 Å². The van der Waals surface area contributed by atoms with Crippen molar-refractivity contribution in [3.63, 3.8) is 0 Å². The van der Waals surface area contributed by atoms with Crippen LogP contribution in [-0.4, -0.2) is 43.7 Å². The predicted octanol–water partition coefficient (Wildman–Crippen LogP) is 3.50. The van der Waals surface area contributed by atoms with Crippen LogP contribution in [0, 0.1) is 25.6 Å². The number of amides is 1. The summed E-state index contributed by atoms with van der Waals surface area (Å²) >= 11 is 0. The molecule has 1 atom stereocenters. The van der Waals surface area contributed by atoms with Crippen LogP contribution < -0.4 is 0 Å². The molecule has 2 aromatic rings. The molecule has 1 amide bonds. The van der Waals surface area contributed by atoms with Crippen molar-refractivity contribution in [2.45, 2.75) is 38.1 Å². The van der Waals surface area contributed by atoms with Crippen molar-refractivity contribution in [3.8, 4) is 0 Å². The molecule has 0 aliphatic carbocycles. The van der Waals surface area contributed by atoms with Crippen molar-refractivity contribution in [2.75, 3.05) is 20.1 Å². The van der Waals surface area contributed by atoms with Crippen LogP contribution in [0.15, 0.2) is 47.4 Å². The van der Waals surface area contributed by atoms with Gasteiger partial charge in [-0.1, -0.05) is 23.8 Å². The first-order valence-electron chi connectivity index (χ1n) is 9.75. The highest BCUT2D eigenvalue weighted by molar-refractivity contribution is 7.89. The molecule has 0 spiro atoms. The van der Waals surface area contributed by atoms with E-state index in [-0.39, 0.29) is 23.3 Å². The van der Waals surface area contributed by atoms with Crippen LogP contribution in [0.5, 0.6) is 0 Å². The van der Waals surface area contributed by atoms with Crippen LogP contribution >= 0.6 is 0 Å². The summed E-state index contributed by atoms with van der Waals surface area (Å²) in [4.78, 5) is 14.7. The molecule has 0 saturated carbocycles. The van der Waals surface area contributed by atoms with Crippen molar-refractivity contribution in [2.24, 2.45) is 5.92 Å². The van der Waals surface area contributed by atoms with Crippen LogP contribution in [0.3, 0.4) is 0 Å². The molecule has 2 aromatic carbocycles. The number of aryl methyl sites for hydroxylation is 2. The number of piperidine rings is 1. The number of hydrogen-bond donors (Lipinski definition) is 0. The zero-order chi connectivity index (χ0) is 21.2.